The number of nitrogens with zero attached hydrogens (tertiary/aromatic N) is 4. The molecular weight excluding hydrogens is 378 g/mol. The Balaban J connectivity index is 1.32. The van der Waals surface area contributed by atoms with Gasteiger partial charge in [0.05, 0.1) is 0 Å². The molecule has 0 unspecified atom stereocenters. The van der Waals surface area contributed by atoms with Gasteiger partial charge in [-0.25, -0.2) is 4.68 Å². The first kappa shape index (κ1) is 19.8. The van der Waals surface area contributed by atoms with Gasteiger partial charge in [-0.2, -0.15) is 5.10 Å². The monoisotopic (exact) mass is 403 g/mol. The summed E-state index contributed by atoms with van der Waals surface area (Å²) in [5.41, 5.74) is 3.14. The van der Waals surface area contributed by atoms with Crippen LogP contribution in [-0.4, -0.2) is 46.8 Å². The van der Waals surface area contributed by atoms with E-state index in [2.05, 4.69) is 44.5 Å². The summed E-state index contributed by atoms with van der Waals surface area (Å²) in [5, 5.41) is 6.80. The Hall–Kier alpha value is -3.45. The molecule has 7 nitrogen and oxygen atoms in total. The number of nitrogens with one attached hydrogen (secondary N) is 1. The molecule has 0 atom stereocenters. The fourth-order valence-corrected chi connectivity index (χ4v) is 3.58. The summed E-state index contributed by atoms with van der Waals surface area (Å²) < 4.78 is 1.15. The maximum Gasteiger partial charge on any atom is 0.276 e. The Kier molecular flexibility index (Phi) is 5.90. The third kappa shape index (κ3) is 4.75. The maximum atomic E-state index is 12.3. The number of carbonyl (C=O) groups is 1. The van der Waals surface area contributed by atoms with Gasteiger partial charge in [0.2, 0.25) is 0 Å². The van der Waals surface area contributed by atoms with E-state index < -0.39 is 0 Å². The quantitative estimate of drug-likeness (QED) is 0.708. The van der Waals surface area contributed by atoms with Gasteiger partial charge in [-0.05, 0) is 35.9 Å². The van der Waals surface area contributed by atoms with Crippen molar-refractivity contribution in [3.8, 4) is 0 Å². The van der Waals surface area contributed by atoms with Crippen molar-refractivity contribution >= 4 is 17.3 Å². The summed E-state index contributed by atoms with van der Waals surface area (Å²) in [4.78, 5) is 28.6. The molecular formula is C23H25N5O2. The minimum atomic E-state index is -0.340. The molecule has 1 N–H and O–H groups in total. The number of rotatable bonds is 5. The summed E-state index contributed by atoms with van der Waals surface area (Å²) in [7, 11) is 1.52. The molecule has 0 radical (unpaired) electrons. The largest absolute Gasteiger partial charge is 0.369 e. The standard InChI is InChI=1S/C23H25N5O2/c1-26-22(29)12-11-21(25-26)23(30)24-19-7-9-20(10-8-19)28-15-13-27(14-16-28)17-18-5-3-2-4-6-18/h2-12H,13-17H2,1H3,(H,24,30). The molecule has 0 aliphatic carbocycles. The highest BCUT2D eigenvalue weighted by molar-refractivity contribution is 6.02. The van der Waals surface area contributed by atoms with E-state index in [0.29, 0.717) is 5.69 Å². The Morgan fingerprint density at radius 3 is 2.30 bits per heavy atom. The molecule has 1 fully saturated rings. The smallest absolute Gasteiger partial charge is 0.276 e. The normalized spacial score (nSPS) is 14.5. The van der Waals surface area contributed by atoms with E-state index in [0.717, 1.165) is 43.1 Å². The summed E-state index contributed by atoms with van der Waals surface area (Å²) in [6, 6.07) is 21.2. The highest BCUT2D eigenvalue weighted by Crippen LogP contribution is 2.20. The van der Waals surface area contributed by atoms with E-state index in [9.17, 15) is 9.59 Å². The summed E-state index contributed by atoms with van der Waals surface area (Å²) >= 11 is 0. The average Bonchev–Trinajstić information content (AvgIpc) is 2.77. The maximum absolute atomic E-state index is 12.3. The van der Waals surface area contributed by atoms with E-state index >= 15 is 0 Å². The lowest BCUT2D eigenvalue weighted by atomic mass is 10.2. The molecule has 0 spiro atoms. The molecule has 30 heavy (non-hydrogen) atoms. The van der Waals surface area contributed by atoms with Gasteiger partial charge < -0.3 is 10.2 Å². The lowest BCUT2D eigenvalue weighted by molar-refractivity contribution is 0.102. The SMILES string of the molecule is Cn1nc(C(=O)Nc2ccc(N3CCN(Cc4ccccc4)CC3)cc2)ccc1=O. The first-order valence-corrected chi connectivity index (χ1v) is 10.1. The minimum absolute atomic E-state index is 0.204. The fourth-order valence-electron chi connectivity index (χ4n) is 3.58. The minimum Gasteiger partial charge on any atom is -0.369 e. The number of aryl methyl sites for hydroxylation is 1. The molecule has 1 amide bonds. The molecule has 0 saturated carbocycles. The molecule has 4 rings (SSSR count). The number of aromatic nitrogens is 2. The van der Waals surface area contributed by atoms with Gasteiger partial charge in [-0.15, -0.1) is 0 Å². The number of amides is 1. The molecule has 0 bridgehead atoms. The second kappa shape index (κ2) is 8.92. The molecule has 1 aliphatic heterocycles. The van der Waals surface area contributed by atoms with Crippen molar-refractivity contribution in [3.63, 3.8) is 0 Å². The predicted molar refractivity (Wildman–Crippen MR) is 118 cm³/mol. The van der Waals surface area contributed by atoms with Gasteiger partial charge in [0.1, 0.15) is 5.69 Å². The van der Waals surface area contributed by atoms with Crippen LogP contribution >= 0.6 is 0 Å². The van der Waals surface area contributed by atoms with Crippen molar-refractivity contribution in [2.24, 2.45) is 7.05 Å². The number of benzene rings is 2. The summed E-state index contributed by atoms with van der Waals surface area (Å²) in [6.45, 7) is 4.97. The van der Waals surface area contributed by atoms with Gasteiger partial charge in [0, 0.05) is 57.2 Å². The Labute approximate surface area is 175 Å². The van der Waals surface area contributed by atoms with Crippen molar-refractivity contribution in [2.75, 3.05) is 36.4 Å². The van der Waals surface area contributed by atoms with Gasteiger partial charge >= 0.3 is 0 Å². The Morgan fingerprint density at radius 2 is 1.63 bits per heavy atom. The van der Waals surface area contributed by atoms with Crippen LogP contribution in [0, 0.1) is 0 Å². The Morgan fingerprint density at radius 1 is 0.933 bits per heavy atom. The molecule has 1 saturated heterocycles. The zero-order chi connectivity index (χ0) is 20.9. The van der Waals surface area contributed by atoms with Crippen LogP contribution in [0.25, 0.3) is 0 Å². The van der Waals surface area contributed by atoms with Crippen LogP contribution in [0.3, 0.4) is 0 Å². The van der Waals surface area contributed by atoms with Crippen LogP contribution in [-0.2, 0) is 13.6 Å². The molecule has 2 aromatic carbocycles. The van der Waals surface area contributed by atoms with Crippen LogP contribution in [0.15, 0.2) is 71.5 Å². The second-order valence-electron chi connectivity index (χ2n) is 7.43. The average molecular weight is 403 g/mol. The molecule has 1 aliphatic rings. The highest BCUT2D eigenvalue weighted by atomic mass is 16.2. The van der Waals surface area contributed by atoms with Crippen LogP contribution in [0.5, 0.6) is 0 Å². The van der Waals surface area contributed by atoms with E-state index in [1.807, 2.05) is 30.3 Å². The van der Waals surface area contributed by atoms with E-state index in [1.165, 1.54) is 24.7 Å². The molecule has 2 heterocycles. The van der Waals surface area contributed by atoms with Crippen LogP contribution in [0.2, 0.25) is 0 Å². The van der Waals surface area contributed by atoms with E-state index in [-0.39, 0.29) is 17.2 Å². The number of hydrogen-bond acceptors (Lipinski definition) is 5. The number of carbonyl (C=O) groups excluding carboxylic acids is 1. The van der Waals surface area contributed by atoms with Crippen LogP contribution < -0.4 is 15.8 Å². The summed E-state index contributed by atoms with van der Waals surface area (Å²) in [5.74, 6) is -0.340. The van der Waals surface area contributed by atoms with E-state index in [4.69, 9.17) is 0 Å². The van der Waals surface area contributed by atoms with Crippen molar-refractivity contribution in [2.45, 2.75) is 6.54 Å². The van der Waals surface area contributed by atoms with Gasteiger partial charge in [-0.1, -0.05) is 30.3 Å². The van der Waals surface area contributed by atoms with Gasteiger partial charge in [0.25, 0.3) is 11.5 Å². The number of piperazine rings is 1. The third-order valence-corrected chi connectivity index (χ3v) is 5.30. The van der Waals surface area contributed by atoms with Crippen molar-refractivity contribution in [1.29, 1.82) is 0 Å². The van der Waals surface area contributed by atoms with Gasteiger partial charge in [0.15, 0.2) is 0 Å². The van der Waals surface area contributed by atoms with Crippen molar-refractivity contribution < 1.29 is 4.79 Å². The molecule has 3 aromatic rings. The Bertz CT molecular complexity index is 1050. The van der Waals surface area contributed by atoms with Crippen LogP contribution in [0.1, 0.15) is 16.1 Å². The number of hydrogen-bond donors (Lipinski definition) is 1. The summed E-state index contributed by atoms with van der Waals surface area (Å²) in [6.07, 6.45) is 0. The molecule has 154 valence electrons. The first-order chi connectivity index (χ1) is 14.6. The third-order valence-electron chi connectivity index (χ3n) is 5.30. The zero-order valence-corrected chi connectivity index (χ0v) is 17.0. The second-order valence-corrected chi connectivity index (χ2v) is 7.43. The predicted octanol–water partition coefficient (Wildman–Crippen LogP) is 2.35. The van der Waals surface area contributed by atoms with E-state index in [1.54, 1.807) is 0 Å². The van der Waals surface area contributed by atoms with Gasteiger partial charge in [-0.3, -0.25) is 14.5 Å². The van der Waals surface area contributed by atoms with Crippen LogP contribution in [0.4, 0.5) is 11.4 Å². The lowest BCUT2D eigenvalue weighted by Gasteiger charge is -2.36. The molecule has 7 heteroatoms. The lowest BCUT2D eigenvalue weighted by Crippen LogP contribution is -2.45. The highest BCUT2D eigenvalue weighted by Gasteiger charge is 2.17. The van der Waals surface area contributed by atoms with Crippen molar-refractivity contribution in [1.82, 2.24) is 14.7 Å². The topological polar surface area (TPSA) is 70.5 Å². The fraction of sp³-hybridized carbons (Fsp3) is 0.261. The zero-order valence-electron chi connectivity index (χ0n) is 17.0. The molecule has 1 aromatic heterocycles. The first-order valence-electron chi connectivity index (χ1n) is 10.1. The number of anilines is 2. The van der Waals surface area contributed by atoms with Crippen molar-refractivity contribution in [3.05, 3.63) is 88.3 Å².